The maximum atomic E-state index is 11.0. The van der Waals surface area contributed by atoms with Crippen molar-refractivity contribution in [2.24, 2.45) is 22.8 Å². The Labute approximate surface area is 148 Å². The van der Waals surface area contributed by atoms with Crippen molar-refractivity contribution in [1.29, 1.82) is 0 Å². The van der Waals surface area contributed by atoms with E-state index < -0.39 is 66.7 Å². The summed E-state index contributed by atoms with van der Waals surface area (Å²) in [7, 11) is 0. The molecular weight excluding hydrogens is 360 g/mol. The number of carboxylic acids is 4. The van der Waals surface area contributed by atoms with Crippen LogP contribution in [0.15, 0.2) is 0 Å². The van der Waals surface area contributed by atoms with Gasteiger partial charge in [-0.3, -0.25) is 30.6 Å². The molecule has 0 bridgehead atoms. The van der Waals surface area contributed by atoms with Gasteiger partial charge in [0.1, 0.15) is 0 Å². The second kappa shape index (κ2) is 12.9. The average Bonchev–Trinajstić information content (AvgIpc) is 2.22. The van der Waals surface area contributed by atoms with Gasteiger partial charge in [0, 0.05) is 12.8 Å². The molecule has 0 aromatic heterocycles. The molecule has 0 atom stereocenters. The van der Waals surface area contributed by atoms with E-state index in [9.17, 15) is 24.3 Å². The van der Waals surface area contributed by atoms with Crippen LogP contribution in [0.4, 0.5) is 0 Å². The highest BCUT2D eigenvalue weighted by molar-refractivity contribution is 5.75. The Balaban J connectivity index is -0.000000367. The molecule has 0 rings (SSSR count). The summed E-state index contributed by atoms with van der Waals surface area (Å²) < 4.78 is 0. The summed E-state index contributed by atoms with van der Waals surface area (Å²) in [6.07, 6.45) is -4.09. The lowest BCUT2D eigenvalue weighted by Gasteiger charge is -2.45. The van der Waals surface area contributed by atoms with Crippen LogP contribution in [0.5, 0.6) is 0 Å². The van der Waals surface area contributed by atoms with E-state index in [1.54, 1.807) is 0 Å². The summed E-state index contributed by atoms with van der Waals surface area (Å²) in [6, 6.07) is 0. The molecule has 26 heavy (non-hydrogen) atoms. The second-order valence-electron chi connectivity index (χ2n) is 5.02. The van der Waals surface area contributed by atoms with Crippen LogP contribution < -0.4 is 36.1 Å². The molecular formula is C11H30N6O9. The first-order valence-corrected chi connectivity index (χ1v) is 5.99. The predicted molar refractivity (Wildman–Crippen MR) is 88.3 cm³/mol. The molecule has 0 saturated carbocycles. The highest BCUT2D eigenvalue weighted by Gasteiger charge is 2.55. The van der Waals surface area contributed by atoms with E-state index in [1.807, 2.05) is 0 Å². The van der Waals surface area contributed by atoms with Gasteiger partial charge in [0.2, 0.25) is 0 Å². The smallest absolute Gasteiger partial charge is 0.304 e. The number of nitrogens with two attached hydrogens (primary N) is 2. The Bertz CT molecular complexity index is 447. The van der Waals surface area contributed by atoms with Crippen LogP contribution in [0.3, 0.4) is 0 Å². The topological polar surface area (TPSA) is 361 Å². The summed E-state index contributed by atoms with van der Waals surface area (Å²) in [5.41, 5.74) is 8.18. The van der Waals surface area contributed by atoms with Crippen LogP contribution in [-0.2, 0) is 19.2 Å². The summed E-state index contributed by atoms with van der Waals surface area (Å²) >= 11 is 0. The fourth-order valence-electron chi connectivity index (χ4n) is 2.39. The van der Waals surface area contributed by atoms with E-state index in [0.29, 0.717) is 0 Å². The third kappa shape index (κ3) is 9.79. The summed E-state index contributed by atoms with van der Waals surface area (Å²) in [5.74, 6) is -10.8. The standard InChI is InChI=1S/C11H18N2O9.4H3N/c12-11(13,22)10(3-8(18)19,4-9(20)21)5(1-6(14)15)2-7(16)17;;;;/h5,22H,1-4,12-13H2,(H,14,15)(H,16,17)(H,18,19)(H,20,21);4*1H3. The van der Waals surface area contributed by atoms with Crippen molar-refractivity contribution in [2.75, 3.05) is 0 Å². The molecule has 0 fully saturated rings. The number of carboxylic acid groups (broad SMARTS) is 4. The van der Waals surface area contributed by atoms with Gasteiger partial charge >= 0.3 is 23.9 Å². The van der Waals surface area contributed by atoms with Crippen LogP contribution in [0.2, 0.25) is 0 Å². The summed E-state index contributed by atoms with van der Waals surface area (Å²) in [4.78, 5) is 43.8. The summed E-state index contributed by atoms with van der Waals surface area (Å²) in [6.45, 7) is 0. The van der Waals surface area contributed by atoms with Crippen molar-refractivity contribution in [2.45, 2.75) is 31.5 Å². The summed E-state index contributed by atoms with van der Waals surface area (Å²) in [5, 5.41) is 45.4. The Morgan fingerprint density at radius 1 is 0.692 bits per heavy atom. The van der Waals surface area contributed by atoms with Crippen molar-refractivity contribution in [3.63, 3.8) is 0 Å². The third-order valence-corrected chi connectivity index (χ3v) is 3.35. The van der Waals surface area contributed by atoms with Gasteiger partial charge < -0.3 is 50.1 Å². The Kier molecular flexibility index (Phi) is 17.3. The molecule has 0 aliphatic heterocycles. The van der Waals surface area contributed by atoms with Gasteiger partial charge in [0.05, 0.1) is 18.3 Å². The lowest BCUT2D eigenvalue weighted by molar-refractivity contribution is -0.174. The van der Waals surface area contributed by atoms with E-state index >= 15 is 0 Å². The normalized spacial score (nSPS) is 10.3. The number of rotatable bonds is 10. The molecule has 0 heterocycles. The van der Waals surface area contributed by atoms with Gasteiger partial charge in [0.15, 0.2) is 5.85 Å². The van der Waals surface area contributed by atoms with E-state index in [2.05, 4.69) is 0 Å². The zero-order valence-corrected chi connectivity index (χ0v) is 14.3. The van der Waals surface area contributed by atoms with Gasteiger partial charge in [-0.25, -0.2) is 0 Å². The molecule has 0 aliphatic rings. The minimum atomic E-state index is -2.92. The van der Waals surface area contributed by atoms with Gasteiger partial charge in [-0.2, -0.15) is 0 Å². The molecule has 0 unspecified atom stereocenters. The molecule has 0 aromatic carbocycles. The molecule has 15 heteroatoms. The fourth-order valence-corrected chi connectivity index (χ4v) is 2.39. The number of hydrogen-bond donors (Lipinski definition) is 11. The fraction of sp³-hybridized carbons (Fsp3) is 0.636. The van der Waals surface area contributed by atoms with Crippen LogP contribution in [0.1, 0.15) is 25.7 Å². The maximum Gasteiger partial charge on any atom is 0.304 e. The molecule has 21 N–H and O–H groups in total. The Morgan fingerprint density at radius 3 is 1.12 bits per heavy atom. The molecule has 0 saturated heterocycles. The second-order valence-corrected chi connectivity index (χ2v) is 5.02. The highest BCUT2D eigenvalue weighted by Crippen LogP contribution is 2.44. The lowest BCUT2D eigenvalue weighted by atomic mass is 9.64. The molecule has 0 aromatic rings. The van der Waals surface area contributed by atoms with E-state index in [-0.39, 0.29) is 24.6 Å². The first-order chi connectivity index (χ1) is 9.81. The first-order valence-electron chi connectivity index (χ1n) is 5.99. The van der Waals surface area contributed by atoms with Gasteiger partial charge in [0.25, 0.3) is 0 Å². The average molecular weight is 390 g/mol. The van der Waals surface area contributed by atoms with Gasteiger partial charge in [-0.15, -0.1) is 0 Å². The molecule has 0 amide bonds. The minimum Gasteiger partial charge on any atom is -0.481 e. The van der Waals surface area contributed by atoms with Crippen molar-refractivity contribution < 1.29 is 44.7 Å². The van der Waals surface area contributed by atoms with Crippen molar-refractivity contribution in [3.8, 4) is 0 Å². The van der Waals surface area contributed by atoms with Crippen LogP contribution in [-0.4, -0.2) is 55.3 Å². The quantitative estimate of drug-likeness (QED) is 0.193. The van der Waals surface area contributed by atoms with Crippen LogP contribution >= 0.6 is 0 Å². The van der Waals surface area contributed by atoms with Crippen molar-refractivity contribution in [3.05, 3.63) is 0 Å². The van der Waals surface area contributed by atoms with E-state index in [1.165, 1.54) is 0 Å². The number of aliphatic carboxylic acids is 4. The molecule has 158 valence electrons. The largest absolute Gasteiger partial charge is 0.481 e. The van der Waals surface area contributed by atoms with Gasteiger partial charge in [-0.05, 0) is 5.92 Å². The Hall–Kier alpha value is -2.40. The monoisotopic (exact) mass is 390 g/mol. The first kappa shape index (κ1) is 34.8. The zero-order valence-electron chi connectivity index (χ0n) is 14.3. The SMILES string of the molecule is N.N.N.N.NC(N)(O)C(CC(=O)O)(CC(=O)O)C(CC(=O)O)CC(=O)O. The van der Waals surface area contributed by atoms with E-state index in [4.69, 9.17) is 31.9 Å². The molecule has 0 radical (unpaired) electrons. The molecule has 15 nitrogen and oxygen atoms in total. The number of carbonyl (C=O) groups is 4. The number of aliphatic hydroxyl groups is 1. The van der Waals surface area contributed by atoms with Crippen LogP contribution in [0.25, 0.3) is 0 Å². The Morgan fingerprint density at radius 2 is 0.962 bits per heavy atom. The zero-order chi connectivity index (χ0) is 17.7. The lowest BCUT2D eigenvalue weighted by Crippen LogP contribution is -2.66. The molecule has 0 aliphatic carbocycles. The minimum absolute atomic E-state index is 0. The van der Waals surface area contributed by atoms with Crippen LogP contribution in [0, 0.1) is 11.3 Å². The van der Waals surface area contributed by atoms with E-state index in [0.717, 1.165) is 0 Å². The molecule has 0 spiro atoms. The number of hydrogen-bond acceptors (Lipinski definition) is 11. The third-order valence-electron chi connectivity index (χ3n) is 3.35. The van der Waals surface area contributed by atoms with Crippen molar-refractivity contribution >= 4 is 23.9 Å². The maximum absolute atomic E-state index is 11.0. The van der Waals surface area contributed by atoms with Gasteiger partial charge in [-0.1, -0.05) is 0 Å². The van der Waals surface area contributed by atoms with Crippen molar-refractivity contribution in [1.82, 2.24) is 24.6 Å². The highest BCUT2D eigenvalue weighted by atomic mass is 16.4. The predicted octanol–water partition coefficient (Wildman–Crippen LogP) is -1.30.